The molecule has 8 heteroatoms. The number of thioether (sulfide) groups is 1. The first-order chi connectivity index (χ1) is 15.2. The van der Waals surface area contributed by atoms with Gasteiger partial charge in [0.1, 0.15) is 11.6 Å². The first-order valence-corrected chi connectivity index (χ1v) is 11.1. The minimum atomic E-state index is -0.167. The number of nitrogens with zero attached hydrogens (tertiary/aromatic N) is 4. The minimum absolute atomic E-state index is 0.167. The van der Waals surface area contributed by atoms with E-state index < -0.39 is 0 Å². The molecule has 6 nitrogen and oxygen atoms in total. The van der Waals surface area contributed by atoms with Crippen LogP contribution in [0.3, 0.4) is 0 Å². The van der Waals surface area contributed by atoms with Gasteiger partial charge in [0, 0.05) is 34.1 Å². The Kier molecular flexibility index (Phi) is 5.44. The molecule has 1 atom stereocenters. The van der Waals surface area contributed by atoms with Crippen molar-refractivity contribution in [2.45, 2.75) is 5.50 Å². The molecule has 0 saturated carbocycles. The number of methoxy groups -OCH3 is 1. The van der Waals surface area contributed by atoms with Gasteiger partial charge >= 0.3 is 0 Å². The molecule has 1 aliphatic rings. The molecule has 0 fully saturated rings. The second-order valence-electron chi connectivity index (χ2n) is 6.91. The molecule has 0 amide bonds. The van der Waals surface area contributed by atoms with Gasteiger partial charge in [0.2, 0.25) is 0 Å². The summed E-state index contributed by atoms with van der Waals surface area (Å²) in [5.41, 5.74) is 3.55. The van der Waals surface area contributed by atoms with E-state index in [1.54, 1.807) is 31.3 Å². The van der Waals surface area contributed by atoms with Crippen LogP contribution >= 0.6 is 23.4 Å². The highest BCUT2D eigenvalue weighted by molar-refractivity contribution is 8.01. The lowest BCUT2D eigenvalue weighted by Crippen LogP contribution is -2.12. The van der Waals surface area contributed by atoms with E-state index in [2.05, 4.69) is 10.3 Å². The molecule has 3 heterocycles. The van der Waals surface area contributed by atoms with Crippen molar-refractivity contribution in [2.24, 2.45) is 4.99 Å². The highest BCUT2D eigenvalue weighted by Gasteiger charge is 2.21. The van der Waals surface area contributed by atoms with Gasteiger partial charge in [-0.15, -0.1) is 11.8 Å². The summed E-state index contributed by atoms with van der Waals surface area (Å²) in [6.45, 7) is 0. The number of aliphatic imine (C=N–C) groups is 1. The third kappa shape index (κ3) is 4.19. The molecule has 5 rings (SSSR count). The van der Waals surface area contributed by atoms with Gasteiger partial charge in [-0.2, -0.15) is 0 Å². The summed E-state index contributed by atoms with van der Waals surface area (Å²) < 4.78 is 5.41. The molecule has 2 aromatic heterocycles. The number of anilines is 1. The zero-order valence-electron chi connectivity index (χ0n) is 16.6. The molecule has 0 aliphatic carbocycles. The van der Waals surface area contributed by atoms with E-state index in [4.69, 9.17) is 31.3 Å². The molecule has 1 N–H and O–H groups in total. The number of aromatic nitrogens is 3. The SMILES string of the molecule is COc1ccc2nc(-c3cccnc3)nc(NC3N=C(c4cccc(Cl)c4)CS3)c2c1. The van der Waals surface area contributed by atoms with Crippen LogP contribution in [-0.4, -0.2) is 39.0 Å². The van der Waals surface area contributed by atoms with Crippen LogP contribution < -0.4 is 10.1 Å². The fraction of sp³-hybridized carbons (Fsp3) is 0.130. The molecule has 2 aromatic carbocycles. The van der Waals surface area contributed by atoms with Crippen LogP contribution in [0.15, 0.2) is 72.0 Å². The topological polar surface area (TPSA) is 72.3 Å². The Morgan fingerprint density at radius 3 is 2.77 bits per heavy atom. The van der Waals surface area contributed by atoms with Crippen LogP contribution in [0.4, 0.5) is 5.82 Å². The lowest BCUT2D eigenvalue weighted by Gasteiger charge is -2.14. The maximum Gasteiger partial charge on any atom is 0.168 e. The molecule has 0 radical (unpaired) electrons. The van der Waals surface area contributed by atoms with E-state index in [9.17, 15) is 0 Å². The Morgan fingerprint density at radius 2 is 1.97 bits per heavy atom. The van der Waals surface area contributed by atoms with E-state index in [-0.39, 0.29) is 5.50 Å². The number of rotatable bonds is 5. The molecule has 4 aromatic rings. The van der Waals surface area contributed by atoms with E-state index in [0.29, 0.717) is 16.7 Å². The number of hydrogen-bond donors (Lipinski definition) is 1. The number of fused-ring (bicyclic) bond motifs is 1. The van der Waals surface area contributed by atoms with E-state index in [0.717, 1.165) is 39.2 Å². The molecule has 0 bridgehead atoms. The lowest BCUT2D eigenvalue weighted by molar-refractivity contribution is 0.415. The van der Waals surface area contributed by atoms with Gasteiger partial charge < -0.3 is 10.1 Å². The molecular formula is C23H18ClN5OS. The monoisotopic (exact) mass is 447 g/mol. The number of benzene rings is 2. The van der Waals surface area contributed by atoms with Gasteiger partial charge in [-0.1, -0.05) is 23.7 Å². The van der Waals surface area contributed by atoms with Crippen molar-refractivity contribution in [3.63, 3.8) is 0 Å². The van der Waals surface area contributed by atoms with Crippen LogP contribution in [0.1, 0.15) is 5.56 Å². The maximum atomic E-state index is 6.15. The second kappa shape index (κ2) is 8.53. The van der Waals surface area contributed by atoms with Crippen LogP contribution in [-0.2, 0) is 0 Å². The summed E-state index contributed by atoms with van der Waals surface area (Å²) in [4.78, 5) is 18.6. The Hall–Kier alpha value is -3.16. The van der Waals surface area contributed by atoms with Crippen LogP contribution in [0, 0.1) is 0 Å². The molecule has 1 aliphatic heterocycles. The maximum absolute atomic E-state index is 6.15. The zero-order valence-corrected chi connectivity index (χ0v) is 18.2. The van der Waals surface area contributed by atoms with Crippen LogP contribution in [0.5, 0.6) is 5.75 Å². The number of nitrogens with one attached hydrogen (secondary N) is 1. The Labute approximate surface area is 188 Å². The summed E-state index contributed by atoms with van der Waals surface area (Å²) in [6.07, 6.45) is 3.49. The van der Waals surface area contributed by atoms with E-state index in [1.165, 1.54) is 0 Å². The van der Waals surface area contributed by atoms with Crippen molar-refractivity contribution in [2.75, 3.05) is 18.2 Å². The van der Waals surface area contributed by atoms with Crippen LogP contribution in [0.2, 0.25) is 5.02 Å². The molecule has 31 heavy (non-hydrogen) atoms. The highest BCUT2D eigenvalue weighted by Crippen LogP contribution is 2.31. The van der Waals surface area contributed by atoms with Crippen molar-refractivity contribution in [3.8, 4) is 17.1 Å². The minimum Gasteiger partial charge on any atom is -0.497 e. The third-order valence-corrected chi connectivity index (χ3v) is 6.11. The average molecular weight is 448 g/mol. The number of pyridine rings is 1. The van der Waals surface area contributed by atoms with Gasteiger partial charge in [0.05, 0.1) is 18.3 Å². The summed E-state index contributed by atoms with van der Waals surface area (Å²) in [5.74, 6) is 2.85. The van der Waals surface area contributed by atoms with Gasteiger partial charge in [0.25, 0.3) is 0 Å². The second-order valence-corrected chi connectivity index (χ2v) is 8.42. The quantitative estimate of drug-likeness (QED) is 0.448. The first kappa shape index (κ1) is 19.8. The Morgan fingerprint density at radius 1 is 1.06 bits per heavy atom. The van der Waals surface area contributed by atoms with Gasteiger partial charge in [-0.05, 0) is 48.0 Å². The van der Waals surface area contributed by atoms with Crippen molar-refractivity contribution < 1.29 is 4.74 Å². The van der Waals surface area contributed by atoms with Crippen molar-refractivity contribution >= 4 is 45.8 Å². The van der Waals surface area contributed by atoms with Crippen molar-refractivity contribution in [1.29, 1.82) is 0 Å². The highest BCUT2D eigenvalue weighted by atomic mass is 35.5. The van der Waals surface area contributed by atoms with Gasteiger partial charge in [0.15, 0.2) is 11.3 Å². The van der Waals surface area contributed by atoms with E-state index in [1.807, 2.05) is 54.6 Å². The van der Waals surface area contributed by atoms with Gasteiger partial charge in [-0.3, -0.25) is 9.98 Å². The number of hydrogen-bond acceptors (Lipinski definition) is 7. The predicted octanol–water partition coefficient (Wildman–Crippen LogP) is 5.29. The number of halogens is 1. The molecule has 1 unspecified atom stereocenters. The van der Waals surface area contributed by atoms with E-state index >= 15 is 0 Å². The Balaban J connectivity index is 1.53. The lowest BCUT2D eigenvalue weighted by atomic mass is 10.1. The first-order valence-electron chi connectivity index (χ1n) is 9.66. The molecule has 154 valence electrons. The van der Waals surface area contributed by atoms with Crippen molar-refractivity contribution in [3.05, 3.63) is 77.6 Å². The summed E-state index contributed by atoms with van der Waals surface area (Å²) in [6, 6.07) is 17.4. The fourth-order valence-electron chi connectivity index (χ4n) is 3.36. The molecular weight excluding hydrogens is 430 g/mol. The summed E-state index contributed by atoms with van der Waals surface area (Å²) in [7, 11) is 1.65. The standard InChI is InChI=1S/C23H18ClN5OS/c1-30-17-7-8-19-18(11-17)22(28-21(26-19)15-5-3-9-25-12-15)29-23-27-20(13-31-23)14-4-2-6-16(24)10-14/h2-12,23H,13H2,1H3,(H,26,28,29). The molecule has 0 saturated heterocycles. The van der Waals surface area contributed by atoms with Crippen LogP contribution in [0.25, 0.3) is 22.3 Å². The normalized spacial score (nSPS) is 15.7. The average Bonchev–Trinajstić information content (AvgIpc) is 3.28. The fourth-order valence-corrected chi connectivity index (χ4v) is 4.50. The number of ether oxygens (including phenoxy) is 1. The third-order valence-electron chi connectivity index (χ3n) is 4.89. The smallest absolute Gasteiger partial charge is 0.168 e. The van der Waals surface area contributed by atoms with Gasteiger partial charge in [-0.25, -0.2) is 9.97 Å². The summed E-state index contributed by atoms with van der Waals surface area (Å²) in [5, 5.41) is 5.05. The summed E-state index contributed by atoms with van der Waals surface area (Å²) >= 11 is 7.85. The Bertz CT molecular complexity index is 1280. The predicted molar refractivity (Wildman–Crippen MR) is 127 cm³/mol. The van der Waals surface area contributed by atoms with Crippen molar-refractivity contribution in [1.82, 2.24) is 15.0 Å². The molecule has 0 spiro atoms. The largest absolute Gasteiger partial charge is 0.497 e. The zero-order chi connectivity index (χ0) is 21.2.